The lowest BCUT2D eigenvalue weighted by Gasteiger charge is -2.07. The zero-order valence-corrected chi connectivity index (χ0v) is 10.3. The summed E-state index contributed by atoms with van der Waals surface area (Å²) >= 11 is 3.34. The third kappa shape index (κ3) is 2.96. The molecule has 0 bridgehead atoms. The van der Waals surface area contributed by atoms with Gasteiger partial charge in [0.2, 0.25) is 0 Å². The average molecular weight is 286 g/mol. The van der Waals surface area contributed by atoms with E-state index >= 15 is 0 Å². The van der Waals surface area contributed by atoms with Crippen LogP contribution in [0.1, 0.15) is 15.9 Å². The Morgan fingerprint density at radius 3 is 2.94 bits per heavy atom. The van der Waals surface area contributed by atoms with Gasteiger partial charge in [0.25, 0.3) is 5.91 Å². The molecule has 6 heteroatoms. The predicted molar refractivity (Wildman–Crippen MR) is 64.6 cm³/mol. The van der Waals surface area contributed by atoms with Gasteiger partial charge >= 0.3 is 0 Å². The summed E-state index contributed by atoms with van der Waals surface area (Å²) in [5, 5.41) is 13.6. The highest BCUT2D eigenvalue weighted by Crippen LogP contribution is 2.19. The number of carbonyl (C=O) groups excluding carboxylic acids is 1. The molecule has 86 valence electrons. The summed E-state index contributed by atoms with van der Waals surface area (Å²) in [6.07, 6.45) is 0. The molecular formula is C10H12BrN3O2. The van der Waals surface area contributed by atoms with E-state index in [2.05, 4.69) is 26.4 Å². The van der Waals surface area contributed by atoms with E-state index in [9.17, 15) is 4.79 Å². The minimum absolute atomic E-state index is 0.0152. The first-order chi connectivity index (χ1) is 7.56. The van der Waals surface area contributed by atoms with Crippen molar-refractivity contribution in [1.82, 2.24) is 5.32 Å². The van der Waals surface area contributed by atoms with Crippen LogP contribution in [0.3, 0.4) is 0 Å². The molecule has 0 unspecified atom stereocenters. The number of nitrogens with two attached hydrogens (primary N) is 1. The topological polar surface area (TPSA) is 87.7 Å². The van der Waals surface area contributed by atoms with Crippen LogP contribution in [0, 0.1) is 6.92 Å². The molecule has 1 aromatic carbocycles. The Bertz CT molecular complexity index is 432. The van der Waals surface area contributed by atoms with E-state index in [4.69, 9.17) is 10.9 Å². The Kier molecular flexibility index (Phi) is 4.30. The maximum Gasteiger partial charge on any atom is 0.251 e. The SMILES string of the molecule is Cc1c(Br)cccc1C(=O)NCC(N)=NO. The lowest BCUT2D eigenvalue weighted by atomic mass is 10.1. The number of amidine groups is 1. The van der Waals surface area contributed by atoms with Gasteiger partial charge in [0.15, 0.2) is 5.84 Å². The van der Waals surface area contributed by atoms with Crippen molar-refractivity contribution in [2.75, 3.05) is 6.54 Å². The van der Waals surface area contributed by atoms with Gasteiger partial charge < -0.3 is 16.3 Å². The molecule has 0 fully saturated rings. The van der Waals surface area contributed by atoms with Crippen LogP contribution in [0.4, 0.5) is 0 Å². The van der Waals surface area contributed by atoms with Gasteiger partial charge in [-0.3, -0.25) is 4.79 Å². The molecule has 0 radical (unpaired) electrons. The third-order valence-corrected chi connectivity index (χ3v) is 2.93. The number of hydrogen-bond acceptors (Lipinski definition) is 3. The fraction of sp³-hybridized carbons (Fsp3) is 0.200. The van der Waals surface area contributed by atoms with Crippen LogP contribution in [0.2, 0.25) is 0 Å². The Labute approximate surface area is 101 Å². The van der Waals surface area contributed by atoms with E-state index in [-0.39, 0.29) is 18.3 Å². The molecule has 0 saturated heterocycles. The molecule has 0 spiro atoms. The van der Waals surface area contributed by atoms with E-state index in [0.717, 1.165) is 10.0 Å². The summed E-state index contributed by atoms with van der Waals surface area (Å²) in [5.74, 6) is -0.300. The fourth-order valence-electron chi connectivity index (χ4n) is 1.15. The second-order valence-corrected chi connectivity index (χ2v) is 4.04. The summed E-state index contributed by atoms with van der Waals surface area (Å²) in [6.45, 7) is 1.85. The van der Waals surface area contributed by atoms with Crippen LogP contribution >= 0.6 is 15.9 Å². The molecule has 16 heavy (non-hydrogen) atoms. The molecule has 0 aliphatic carbocycles. The number of oxime groups is 1. The normalized spacial score (nSPS) is 11.2. The van der Waals surface area contributed by atoms with Crippen LogP contribution in [0.5, 0.6) is 0 Å². The van der Waals surface area contributed by atoms with Gasteiger partial charge in [-0.25, -0.2) is 0 Å². The number of halogens is 1. The number of carbonyl (C=O) groups is 1. The first kappa shape index (κ1) is 12.5. The summed E-state index contributed by atoms with van der Waals surface area (Å²) in [7, 11) is 0. The van der Waals surface area contributed by atoms with E-state index in [1.165, 1.54) is 0 Å². The predicted octanol–water partition coefficient (Wildman–Crippen LogP) is 1.23. The number of benzene rings is 1. The minimum Gasteiger partial charge on any atom is -0.409 e. The van der Waals surface area contributed by atoms with Crippen molar-refractivity contribution in [2.24, 2.45) is 10.9 Å². The van der Waals surface area contributed by atoms with Crippen LogP contribution < -0.4 is 11.1 Å². The van der Waals surface area contributed by atoms with Gasteiger partial charge in [0.05, 0.1) is 6.54 Å². The molecule has 0 aromatic heterocycles. The van der Waals surface area contributed by atoms with Crippen LogP contribution in [0.25, 0.3) is 0 Å². The Balaban J connectivity index is 2.78. The average Bonchev–Trinajstić information content (AvgIpc) is 2.29. The van der Waals surface area contributed by atoms with Crippen molar-refractivity contribution >= 4 is 27.7 Å². The highest BCUT2D eigenvalue weighted by atomic mass is 79.9. The highest BCUT2D eigenvalue weighted by molar-refractivity contribution is 9.10. The summed E-state index contributed by atoms with van der Waals surface area (Å²) < 4.78 is 0.865. The van der Waals surface area contributed by atoms with Crippen molar-refractivity contribution in [2.45, 2.75) is 6.92 Å². The van der Waals surface area contributed by atoms with Gasteiger partial charge in [0.1, 0.15) is 0 Å². The van der Waals surface area contributed by atoms with Crippen LogP contribution in [0.15, 0.2) is 27.8 Å². The summed E-state index contributed by atoms with van der Waals surface area (Å²) in [6, 6.07) is 5.34. The highest BCUT2D eigenvalue weighted by Gasteiger charge is 2.10. The molecular weight excluding hydrogens is 274 g/mol. The second-order valence-electron chi connectivity index (χ2n) is 3.19. The smallest absolute Gasteiger partial charge is 0.251 e. The van der Waals surface area contributed by atoms with Crippen molar-refractivity contribution in [1.29, 1.82) is 0 Å². The zero-order valence-electron chi connectivity index (χ0n) is 8.70. The molecule has 0 aliphatic heterocycles. The summed E-state index contributed by atoms with van der Waals surface area (Å²) in [5.41, 5.74) is 6.65. The first-order valence-corrected chi connectivity index (χ1v) is 5.35. The quantitative estimate of drug-likeness (QED) is 0.338. The maximum atomic E-state index is 11.7. The monoisotopic (exact) mass is 285 g/mol. The first-order valence-electron chi connectivity index (χ1n) is 4.56. The van der Waals surface area contributed by atoms with Crippen LogP contribution in [-0.2, 0) is 0 Å². The van der Waals surface area contributed by atoms with Crippen LogP contribution in [-0.4, -0.2) is 23.5 Å². The molecule has 0 heterocycles. The van der Waals surface area contributed by atoms with E-state index < -0.39 is 0 Å². The molecule has 4 N–H and O–H groups in total. The second kappa shape index (κ2) is 5.50. The van der Waals surface area contributed by atoms with Crippen molar-refractivity contribution < 1.29 is 10.0 Å². The van der Waals surface area contributed by atoms with Crippen molar-refractivity contribution in [3.63, 3.8) is 0 Å². The van der Waals surface area contributed by atoms with Gasteiger partial charge in [-0.2, -0.15) is 0 Å². The van der Waals surface area contributed by atoms with Crippen molar-refractivity contribution in [3.05, 3.63) is 33.8 Å². The van der Waals surface area contributed by atoms with Gasteiger partial charge in [0, 0.05) is 10.0 Å². The van der Waals surface area contributed by atoms with Crippen molar-refractivity contribution in [3.8, 4) is 0 Å². The molecule has 1 amide bonds. The minimum atomic E-state index is -0.259. The number of amides is 1. The number of nitrogens with one attached hydrogen (secondary N) is 1. The Morgan fingerprint density at radius 2 is 2.31 bits per heavy atom. The number of nitrogens with zero attached hydrogens (tertiary/aromatic N) is 1. The Hall–Kier alpha value is -1.56. The van der Waals surface area contributed by atoms with E-state index in [1.54, 1.807) is 12.1 Å². The lowest BCUT2D eigenvalue weighted by Crippen LogP contribution is -2.33. The zero-order chi connectivity index (χ0) is 12.1. The standard InChI is InChI=1S/C10H12BrN3O2/c1-6-7(3-2-4-8(6)11)10(15)13-5-9(12)14-16/h2-4,16H,5H2,1H3,(H2,12,14)(H,13,15). The van der Waals surface area contributed by atoms with Gasteiger partial charge in [-0.05, 0) is 24.6 Å². The summed E-state index contributed by atoms with van der Waals surface area (Å²) in [4.78, 5) is 11.7. The van der Waals surface area contributed by atoms with Gasteiger partial charge in [-0.1, -0.05) is 27.2 Å². The largest absolute Gasteiger partial charge is 0.409 e. The molecule has 0 saturated carbocycles. The molecule has 0 atom stereocenters. The maximum absolute atomic E-state index is 11.7. The van der Waals surface area contributed by atoms with E-state index in [1.807, 2.05) is 13.0 Å². The molecule has 5 nitrogen and oxygen atoms in total. The third-order valence-electron chi connectivity index (χ3n) is 2.07. The molecule has 1 rings (SSSR count). The lowest BCUT2D eigenvalue weighted by molar-refractivity contribution is 0.0958. The molecule has 1 aromatic rings. The number of hydrogen-bond donors (Lipinski definition) is 3. The Morgan fingerprint density at radius 1 is 1.62 bits per heavy atom. The number of rotatable bonds is 3. The molecule has 0 aliphatic rings. The van der Waals surface area contributed by atoms with Gasteiger partial charge in [-0.15, -0.1) is 0 Å². The van der Waals surface area contributed by atoms with E-state index in [0.29, 0.717) is 5.56 Å². The fourth-order valence-corrected chi connectivity index (χ4v) is 1.52.